The van der Waals surface area contributed by atoms with Crippen molar-refractivity contribution in [3.8, 4) is 17.2 Å². The Balaban J connectivity index is 2.19. The lowest BCUT2D eigenvalue weighted by atomic mass is 9.98. The summed E-state index contributed by atoms with van der Waals surface area (Å²) in [5.41, 5.74) is 7.76. The molecule has 0 amide bonds. The van der Waals surface area contributed by atoms with Crippen LogP contribution in [0.2, 0.25) is 0 Å². The maximum absolute atomic E-state index is 11.8. The SMILES string of the molecule is COc1cc(/C=C2/C(C)=C(CC(C)=O)c3cc(C)ccc32)cc(OC)c1OC. The van der Waals surface area contributed by atoms with Crippen LogP contribution >= 0.6 is 0 Å². The van der Waals surface area contributed by atoms with Crippen LogP contribution in [0.5, 0.6) is 17.2 Å². The van der Waals surface area contributed by atoms with Crippen LogP contribution in [0.25, 0.3) is 17.2 Å². The van der Waals surface area contributed by atoms with Gasteiger partial charge in [0.15, 0.2) is 11.5 Å². The number of allylic oxidation sites excluding steroid dienone is 3. The molecule has 28 heavy (non-hydrogen) atoms. The molecule has 146 valence electrons. The van der Waals surface area contributed by atoms with E-state index in [0.717, 1.165) is 33.4 Å². The topological polar surface area (TPSA) is 44.8 Å². The second-order valence-electron chi connectivity index (χ2n) is 7.05. The maximum atomic E-state index is 11.8. The van der Waals surface area contributed by atoms with Crippen LogP contribution in [0.4, 0.5) is 0 Å². The summed E-state index contributed by atoms with van der Waals surface area (Å²) >= 11 is 0. The minimum Gasteiger partial charge on any atom is -0.493 e. The normalized spacial score (nSPS) is 14.3. The first kappa shape index (κ1) is 19.7. The molecule has 3 rings (SSSR count). The molecular formula is C24H26O4. The molecule has 0 unspecified atom stereocenters. The summed E-state index contributed by atoms with van der Waals surface area (Å²) in [4.78, 5) is 11.8. The molecule has 0 heterocycles. The third-order valence-corrected chi connectivity index (χ3v) is 5.07. The van der Waals surface area contributed by atoms with Gasteiger partial charge in [-0.1, -0.05) is 23.8 Å². The van der Waals surface area contributed by atoms with Gasteiger partial charge in [0, 0.05) is 6.42 Å². The number of benzene rings is 2. The monoisotopic (exact) mass is 378 g/mol. The van der Waals surface area contributed by atoms with Crippen LogP contribution in [-0.4, -0.2) is 27.1 Å². The molecule has 2 aromatic rings. The molecule has 0 bridgehead atoms. The fourth-order valence-corrected chi connectivity index (χ4v) is 3.72. The highest BCUT2D eigenvalue weighted by atomic mass is 16.5. The van der Waals surface area contributed by atoms with Gasteiger partial charge < -0.3 is 14.2 Å². The Labute approximate surface area is 166 Å². The first-order valence-electron chi connectivity index (χ1n) is 9.22. The summed E-state index contributed by atoms with van der Waals surface area (Å²) in [6.45, 7) is 5.79. The van der Waals surface area contributed by atoms with Crippen LogP contribution in [0.1, 0.15) is 42.5 Å². The molecule has 0 saturated heterocycles. The molecule has 0 N–H and O–H groups in total. The Bertz CT molecular complexity index is 971. The Morgan fingerprint density at radius 2 is 1.57 bits per heavy atom. The number of fused-ring (bicyclic) bond motifs is 1. The van der Waals surface area contributed by atoms with E-state index in [1.165, 1.54) is 5.56 Å². The summed E-state index contributed by atoms with van der Waals surface area (Å²) in [7, 11) is 4.81. The van der Waals surface area contributed by atoms with Crippen LogP contribution < -0.4 is 14.2 Å². The predicted molar refractivity (Wildman–Crippen MR) is 113 cm³/mol. The van der Waals surface area contributed by atoms with Crippen molar-refractivity contribution >= 4 is 23.0 Å². The number of carbonyl (C=O) groups excluding carboxylic acids is 1. The van der Waals surface area contributed by atoms with Crippen molar-refractivity contribution in [1.29, 1.82) is 0 Å². The standard InChI is InChI=1S/C24H26O4/c1-14-7-8-18-20(16(3)19(10-15(2)25)21(18)9-14)11-17-12-22(26-4)24(28-6)23(13-17)27-5/h7-9,11-13H,10H2,1-6H3/b20-11-. The number of rotatable bonds is 6. The Morgan fingerprint density at radius 1 is 0.929 bits per heavy atom. The zero-order chi connectivity index (χ0) is 20.4. The lowest BCUT2D eigenvalue weighted by Gasteiger charge is -2.13. The van der Waals surface area contributed by atoms with Gasteiger partial charge in [-0.15, -0.1) is 0 Å². The molecule has 4 heteroatoms. The molecule has 0 radical (unpaired) electrons. The van der Waals surface area contributed by atoms with Gasteiger partial charge in [0.25, 0.3) is 0 Å². The summed E-state index contributed by atoms with van der Waals surface area (Å²) in [6.07, 6.45) is 2.55. The van der Waals surface area contributed by atoms with E-state index in [9.17, 15) is 4.79 Å². The highest BCUT2D eigenvalue weighted by molar-refractivity contribution is 6.08. The number of aryl methyl sites for hydroxylation is 1. The van der Waals surface area contributed by atoms with Gasteiger partial charge in [-0.25, -0.2) is 0 Å². The number of hydrogen-bond donors (Lipinski definition) is 0. The zero-order valence-corrected chi connectivity index (χ0v) is 17.3. The van der Waals surface area contributed by atoms with E-state index in [0.29, 0.717) is 23.7 Å². The fraction of sp³-hybridized carbons (Fsp3) is 0.292. The first-order valence-corrected chi connectivity index (χ1v) is 9.22. The van der Waals surface area contributed by atoms with Gasteiger partial charge in [0.2, 0.25) is 5.75 Å². The summed E-state index contributed by atoms with van der Waals surface area (Å²) in [5.74, 6) is 1.96. The second kappa shape index (κ2) is 7.93. The fourth-order valence-electron chi connectivity index (χ4n) is 3.72. The molecule has 1 aliphatic rings. The van der Waals surface area contributed by atoms with E-state index < -0.39 is 0 Å². The Kier molecular flexibility index (Phi) is 5.59. The molecule has 1 aliphatic carbocycles. The summed E-state index contributed by atoms with van der Waals surface area (Å²) in [6, 6.07) is 10.3. The van der Waals surface area contributed by atoms with E-state index >= 15 is 0 Å². The van der Waals surface area contributed by atoms with Crippen LogP contribution in [0.15, 0.2) is 35.9 Å². The number of Topliss-reactive ketones (excluding diaryl/α,β-unsaturated/α-hetero) is 1. The third kappa shape index (κ3) is 3.55. The minimum absolute atomic E-state index is 0.163. The second-order valence-corrected chi connectivity index (χ2v) is 7.05. The van der Waals surface area contributed by atoms with Crippen molar-refractivity contribution < 1.29 is 19.0 Å². The Morgan fingerprint density at radius 3 is 2.11 bits per heavy atom. The van der Waals surface area contributed by atoms with Crippen LogP contribution in [-0.2, 0) is 4.79 Å². The molecule has 0 atom stereocenters. The predicted octanol–water partition coefficient (Wildman–Crippen LogP) is 5.33. The van der Waals surface area contributed by atoms with Crippen molar-refractivity contribution in [3.05, 3.63) is 58.2 Å². The van der Waals surface area contributed by atoms with Gasteiger partial charge in [0.1, 0.15) is 5.78 Å². The average Bonchev–Trinajstić information content (AvgIpc) is 2.91. The number of ether oxygens (including phenoxy) is 3. The van der Waals surface area contributed by atoms with Crippen molar-refractivity contribution in [3.63, 3.8) is 0 Å². The van der Waals surface area contributed by atoms with E-state index in [-0.39, 0.29) is 5.78 Å². The van der Waals surface area contributed by atoms with Gasteiger partial charge >= 0.3 is 0 Å². The van der Waals surface area contributed by atoms with Gasteiger partial charge in [0.05, 0.1) is 21.3 Å². The van der Waals surface area contributed by atoms with Crippen molar-refractivity contribution in [1.82, 2.24) is 0 Å². The number of methoxy groups -OCH3 is 3. The van der Waals surface area contributed by atoms with E-state index in [4.69, 9.17) is 14.2 Å². The van der Waals surface area contributed by atoms with Crippen molar-refractivity contribution in [2.75, 3.05) is 21.3 Å². The number of ketones is 1. The summed E-state index contributed by atoms with van der Waals surface area (Å²) < 4.78 is 16.4. The molecule has 0 fully saturated rings. The minimum atomic E-state index is 0.163. The molecule has 4 nitrogen and oxygen atoms in total. The van der Waals surface area contributed by atoms with E-state index in [1.807, 2.05) is 12.1 Å². The van der Waals surface area contributed by atoms with Crippen LogP contribution in [0.3, 0.4) is 0 Å². The lowest BCUT2D eigenvalue weighted by Crippen LogP contribution is -1.95. The average molecular weight is 378 g/mol. The molecule has 0 spiro atoms. The molecule has 2 aromatic carbocycles. The third-order valence-electron chi connectivity index (χ3n) is 5.07. The van der Waals surface area contributed by atoms with Crippen molar-refractivity contribution in [2.24, 2.45) is 0 Å². The van der Waals surface area contributed by atoms with Crippen LogP contribution in [0, 0.1) is 6.92 Å². The van der Waals surface area contributed by atoms with E-state index in [1.54, 1.807) is 28.3 Å². The quantitative estimate of drug-likeness (QED) is 0.682. The zero-order valence-electron chi connectivity index (χ0n) is 17.3. The highest BCUT2D eigenvalue weighted by Crippen LogP contribution is 2.45. The molecule has 0 saturated carbocycles. The number of hydrogen-bond acceptors (Lipinski definition) is 4. The molecular weight excluding hydrogens is 352 g/mol. The lowest BCUT2D eigenvalue weighted by molar-refractivity contribution is -0.116. The smallest absolute Gasteiger partial charge is 0.203 e. The number of carbonyl (C=O) groups is 1. The maximum Gasteiger partial charge on any atom is 0.203 e. The first-order chi connectivity index (χ1) is 13.4. The summed E-state index contributed by atoms with van der Waals surface area (Å²) in [5, 5.41) is 0. The largest absolute Gasteiger partial charge is 0.493 e. The van der Waals surface area contributed by atoms with Gasteiger partial charge in [-0.2, -0.15) is 0 Å². The highest BCUT2D eigenvalue weighted by Gasteiger charge is 2.25. The van der Waals surface area contributed by atoms with E-state index in [2.05, 4.69) is 38.1 Å². The molecule has 0 aliphatic heterocycles. The Hall–Kier alpha value is -3.01. The molecule has 0 aromatic heterocycles. The van der Waals surface area contributed by atoms with Gasteiger partial charge in [-0.3, -0.25) is 4.79 Å². The van der Waals surface area contributed by atoms with Gasteiger partial charge in [-0.05, 0) is 72.4 Å². The van der Waals surface area contributed by atoms with Crippen molar-refractivity contribution in [2.45, 2.75) is 27.2 Å².